The molecule has 132 valence electrons. The summed E-state index contributed by atoms with van der Waals surface area (Å²) in [5, 5.41) is 21.7. The molecule has 2 rings (SSSR count). The van der Waals surface area contributed by atoms with Crippen LogP contribution in [0.2, 0.25) is 0 Å². The maximum Gasteiger partial charge on any atom is 0.317 e. The van der Waals surface area contributed by atoms with Gasteiger partial charge in [0.25, 0.3) is 0 Å². The number of nitrogens with zero attached hydrogens (tertiary/aromatic N) is 1. The number of aliphatic carboxylic acids is 1. The number of amides is 2. The Bertz CT molecular complexity index is 547. The summed E-state index contributed by atoms with van der Waals surface area (Å²) in [6.45, 7) is 3.00. The van der Waals surface area contributed by atoms with E-state index in [-0.39, 0.29) is 18.5 Å². The van der Waals surface area contributed by atoms with Gasteiger partial charge in [-0.3, -0.25) is 4.79 Å². The summed E-state index contributed by atoms with van der Waals surface area (Å²) < 4.78 is 0. The van der Waals surface area contributed by atoms with E-state index in [9.17, 15) is 14.7 Å². The highest BCUT2D eigenvalue weighted by Gasteiger charge is 2.28. The van der Waals surface area contributed by atoms with Crippen molar-refractivity contribution in [1.82, 2.24) is 10.2 Å². The second-order valence-corrected chi connectivity index (χ2v) is 6.50. The van der Waals surface area contributed by atoms with Crippen molar-refractivity contribution in [3.8, 4) is 0 Å². The SMILES string of the molecule is CC(O)CC(CNC(=O)N1CCCC(C(=O)O)C1)c1ccccc1. The van der Waals surface area contributed by atoms with E-state index in [4.69, 9.17) is 5.11 Å². The Morgan fingerprint density at radius 1 is 1.33 bits per heavy atom. The quantitative estimate of drug-likeness (QED) is 0.743. The van der Waals surface area contributed by atoms with E-state index in [1.165, 1.54) is 0 Å². The fraction of sp³-hybridized carbons (Fsp3) is 0.556. The number of carbonyl (C=O) groups excluding carboxylic acids is 1. The van der Waals surface area contributed by atoms with Crippen LogP contribution < -0.4 is 5.32 Å². The van der Waals surface area contributed by atoms with E-state index < -0.39 is 18.0 Å². The van der Waals surface area contributed by atoms with Crippen LogP contribution in [-0.2, 0) is 4.79 Å². The lowest BCUT2D eigenvalue weighted by molar-refractivity contribution is -0.143. The predicted octanol–water partition coefficient (Wildman–Crippen LogP) is 2.05. The number of aliphatic hydroxyl groups is 1. The van der Waals surface area contributed by atoms with Crippen molar-refractivity contribution in [2.75, 3.05) is 19.6 Å². The Morgan fingerprint density at radius 2 is 2.04 bits per heavy atom. The van der Waals surface area contributed by atoms with E-state index in [1.807, 2.05) is 30.3 Å². The van der Waals surface area contributed by atoms with Gasteiger partial charge in [0.2, 0.25) is 0 Å². The normalized spacial score (nSPS) is 20.2. The van der Waals surface area contributed by atoms with E-state index in [0.29, 0.717) is 32.4 Å². The molecule has 1 heterocycles. The van der Waals surface area contributed by atoms with E-state index in [1.54, 1.807) is 11.8 Å². The first-order chi connectivity index (χ1) is 11.5. The van der Waals surface area contributed by atoms with Gasteiger partial charge in [-0.2, -0.15) is 0 Å². The van der Waals surface area contributed by atoms with Gasteiger partial charge in [0, 0.05) is 25.6 Å². The van der Waals surface area contributed by atoms with Crippen LogP contribution in [0.15, 0.2) is 30.3 Å². The van der Waals surface area contributed by atoms with Gasteiger partial charge in [-0.15, -0.1) is 0 Å². The van der Waals surface area contributed by atoms with Gasteiger partial charge in [0.15, 0.2) is 0 Å². The third kappa shape index (κ3) is 5.23. The summed E-state index contributed by atoms with van der Waals surface area (Å²) in [6, 6.07) is 9.55. The number of nitrogens with one attached hydrogen (secondary N) is 1. The molecular formula is C18H26N2O4. The maximum atomic E-state index is 12.3. The molecule has 0 radical (unpaired) electrons. The molecule has 0 bridgehead atoms. The standard InChI is InChI=1S/C18H26N2O4/c1-13(21)10-16(14-6-3-2-4-7-14)11-19-18(24)20-9-5-8-15(12-20)17(22)23/h2-4,6-7,13,15-16,21H,5,8-12H2,1H3,(H,19,24)(H,22,23). The largest absolute Gasteiger partial charge is 0.481 e. The molecule has 1 fully saturated rings. The number of benzene rings is 1. The highest BCUT2D eigenvalue weighted by Crippen LogP contribution is 2.21. The van der Waals surface area contributed by atoms with Crippen LogP contribution in [0, 0.1) is 5.92 Å². The number of carbonyl (C=O) groups is 2. The minimum atomic E-state index is -0.844. The zero-order valence-electron chi connectivity index (χ0n) is 14.0. The molecular weight excluding hydrogens is 308 g/mol. The van der Waals surface area contributed by atoms with E-state index in [2.05, 4.69) is 5.32 Å². The molecule has 0 saturated carbocycles. The van der Waals surface area contributed by atoms with Crippen LogP contribution in [0.25, 0.3) is 0 Å². The van der Waals surface area contributed by atoms with Crippen LogP contribution in [0.3, 0.4) is 0 Å². The van der Waals surface area contributed by atoms with Crippen LogP contribution in [0.1, 0.15) is 37.7 Å². The molecule has 6 heteroatoms. The third-order valence-electron chi connectivity index (χ3n) is 4.45. The van der Waals surface area contributed by atoms with Gasteiger partial charge < -0.3 is 20.4 Å². The van der Waals surface area contributed by atoms with E-state index in [0.717, 1.165) is 5.56 Å². The molecule has 0 spiro atoms. The van der Waals surface area contributed by atoms with Crippen molar-refractivity contribution in [2.45, 2.75) is 38.2 Å². The number of piperidine rings is 1. The highest BCUT2D eigenvalue weighted by atomic mass is 16.4. The van der Waals surface area contributed by atoms with Crippen molar-refractivity contribution < 1.29 is 19.8 Å². The lowest BCUT2D eigenvalue weighted by atomic mass is 9.93. The Morgan fingerprint density at radius 3 is 2.67 bits per heavy atom. The van der Waals surface area contributed by atoms with Crippen LogP contribution in [-0.4, -0.2) is 52.9 Å². The Balaban J connectivity index is 1.93. The molecule has 0 aromatic heterocycles. The Kier molecular flexibility index (Phi) is 6.61. The summed E-state index contributed by atoms with van der Waals surface area (Å²) >= 11 is 0. The minimum Gasteiger partial charge on any atom is -0.481 e. The van der Waals surface area contributed by atoms with Crippen LogP contribution >= 0.6 is 0 Å². The molecule has 3 N–H and O–H groups in total. The monoisotopic (exact) mass is 334 g/mol. The van der Waals surface area contributed by atoms with Crippen LogP contribution in [0.5, 0.6) is 0 Å². The molecule has 3 unspecified atom stereocenters. The van der Waals surface area contributed by atoms with Gasteiger partial charge in [-0.25, -0.2) is 4.79 Å². The average molecular weight is 334 g/mol. The summed E-state index contributed by atoms with van der Waals surface area (Å²) in [4.78, 5) is 25.0. The zero-order chi connectivity index (χ0) is 17.5. The molecule has 6 nitrogen and oxygen atoms in total. The number of carboxylic acid groups (broad SMARTS) is 1. The number of hydrogen-bond acceptors (Lipinski definition) is 3. The summed E-state index contributed by atoms with van der Waals surface area (Å²) in [5.74, 6) is -1.30. The Labute approximate surface area is 142 Å². The lowest BCUT2D eigenvalue weighted by Crippen LogP contribution is -2.47. The van der Waals surface area contributed by atoms with Crippen molar-refractivity contribution in [3.05, 3.63) is 35.9 Å². The minimum absolute atomic E-state index is 0.0233. The van der Waals surface area contributed by atoms with E-state index >= 15 is 0 Å². The smallest absolute Gasteiger partial charge is 0.317 e. The molecule has 0 aliphatic carbocycles. The lowest BCUT2D eigenvalue weighted by Gasteiger charge is -2.31. The molecule has 1 aliphatic heterocycles. The van der Waals surface area contributed by atoms with Gasteiger partial charge in [0.1, 0.15) is 0 Å². The van der Waals surface area contributed by atoms with Gasteiger partial charge in [0.05, 0.1) is 12.0 Å². The number of hydrogen-bond donors (Lipinski definition) is 3. The molecule has 1 aromatic carbocycles. The molecule has 1 aromatic rings. The first-order valence-corrected chi connectivity index (χ1v) is 8.46. The fourth-order valence-electron chi connectivity index (χ4n) is 3.16. The number of urea groups is 1. The summed E-state index contributed by atoms with van der Waals surface area (Å²) in [7, 11) is 0. The van der Waals surface area contributed by atoms with Gasteiger partial charge >= 0.3 is 12.0 Å². The second kappa shape index (κ2) is 8.68. The number of rotatable bonds is 6. The molecule has 2 amide bonds. The first kappa shape index (κ1) is 18.3. The average Bonchev–Trinajstić information content (AvgIpc) is 2.58. The number of aliphatic hydroxyl groups excluding tert-OH is 1. The second-order valence-electron chi connectivity index (χ2n) is 6.50. The number of likely N-dealkylation sites (tertiary alicyclic amines) is 1. The molecule has 1 saturated heterocycles. The molecule has 3 atom stereocenters. The van der Waals surface area contributed by atoms with Gasteiger partial charge in [-0.05, 0) is 31.7 Å². The Hall–Kier alpha value is -2.08. The van der Waals surface area contributed by atoms with Crippen molar-refractivity contribution in [2.24, 2.45) is 5.92 Å². The predicted molar refractivity (Wildman–Crippen MR) is 90.8 cm³/mol. The summed E-state index contributed by atoms with van der Waals surface area (Å²) in [5.41, 5.74) is 1.07. The zero-order valence-corrected chi connectivity index (χ0v) is 14.0. The maximum absolute atomic E-state index is 12.3. The first-order valence-electron chi connectivity index (χ1n) is 8.46. The molecule has 24 heavy (non-hydrogen) atoms. The van der Waals surface area contributed by atoms with Gasteiger partial charge in [-0.1, -0.05) is 30.3 Å². The third-order valence-corrected chi connectivity index (χ3v) is 4.45. The van der Waals surface area contributed by atoms with Crippen LogP contribution in [0.4, 0.5) is 4.79 Å². The van der Waals surface area contributed by atoms with Crippen molar-refractivity contribution >= 4 is 12.0 Å². The topological polar surface area (TPSA) is 89.9 Å². The van der Waals surface area contributed by atoms with Crippen molar-refractivity contribution in [3.63, 3.8) is 0 Å². The highest BCUT2D eigenvalue weighted by molar-refractivity contribution is 5.76. The molecule has 1 aliphatic rings. The number of carboxylic acids is 1. The summed E-state index contributed by atoms with van der Waals surface area (Å²) in [6.07, 6.45) is 1.43. The fourth-order valence-corrected chi connectivity index (χ4v) is 3.16. The van der Waals surface area contributed by atoms with Crippen molar-refractivity contribution in [1.29, 1.82) is 0 Å².